The summed E-state index contributed by atoms with van der Waals surface area (Å²) in [6.45, 7) is 5.07. The lowest BCUT2D eigenvalue weighted by atomic mass is 9.97. The number of nitrogens with one attached hydrogen (secondary N) is 2. The molecule has 0 bridgehead atoms. The van der Waals surface area contributed by atoms with Gasteiger partial charge in [0.1, 0.15) is 0 Å². The number of halogens is 3. The SMILES string of the molecule is CC[C@H](C)[C@@H](CN(Cc1cccc2ccccc12)C(=S)Nc1cccc(C(F)(F)F)c1)NC(=O)Cc1cncn1Cc1ccc([N+](=O)[O-])cc1. The number of thiocarbonyl (C=S) groups is 1. The van der Waals surface area contributed by atoms with E-state index in [1.807, 2.05) is 65.8 Å². The first-order valence-electron chi connectivity index (χ1n) is 16.1. The molecule has 0 saturated carbocycles. The van der Waals surface area contributed by atoms with Crippen LogP contribution in [0.3, 0.4) is 0 Å². The van der Waals surface area contributed by atoms with Gasteiger partial charge in [-0.05, 0) is 58.2 Å². The number of nitrogens with zero attached hydrogens (tertiary/aromatic N) is 4. The van der Waals surface area contributed by atoms with Crippen molar-refractivity contribution in [1.29, 1.82) is 0 Å². The van der Waals surface area contributed by atoms with E-state index >= 15 is 0 Å². The summed E-state index contributed by atoms with van der Waals surface area (Å²) in [6.07, 6.45) is -0.496. The molecule has 9 nitrogen and oxygen atoms in total. The Morgan fingerprint density at radius 1 is 1.04 bits per heavy atom. The lowest BCUT2D eigenvalue weighted by Crippen LogP contribution is -2.50. The Hall–Kier alpha value is -5.30. The molecule has 13 heteroatoms. The predicted molar refractivity (Wildman–Crippen MR) is 192 cm³/mol. The number of alkyl halides is 3. The van der Waals surface area contributed by atoms with Crippen molar-refractivity contribution in [1.82, 2.24) is 19.8 Å². The van der Waals surface area contributed by atoms with Gasteiger partial charge in [-0.3, -0.25) is 14.9 Å². The number of nitro benzene ring substituents is 1. The van der Waals surface area contributed by atoms with Crippen LogP contribution in [-0.2, 0) is 30.5 Å². The van der Waals surface area contributed by atoms with E-state index in [-0.39, 0.29) is 47.3 Å². The first-order chi connectivity index (χ1) is 23.9. The summed E-state index contributed by atoms with van der Waals surface area (Å²) < 4.78 is 42.3. The standard InChI is InChI=1S/C37H37F3N6O3S/c1-3-25(2)34(43-35(47)19-32-20-41-24-45(32)21-26-14-16-31(17-15-26)46(48)49)23-44(22-28-10-6-9-27-8-4-5-13-33(27)28)36(50)42-30-12-7-11-29(18-30)37(38,39)40/h4-18,20,24-25,34H,3,19,21-23H2,1-2H3,(H,42,50)(H,43,47)/t25-,34+/m0/s1. The van der Waals surface area contributed by atoms with Crippen molar-refractivity contribution in [2.75, 3.05) is 11.9 Å². The Labute approximate surface area is 293 Å². The van der Waals surface area contributed by atoms with Crippen molar-refractivity contribution >= 4 is 45.4 Å². The average Bonchev–Trinajstić information content (AvgIpc) is 3.52. The zero-order valence-electron chi connectivity index (χ0n) is 27.6. The average molecular weight is 703 g/mol. The molecule has 2 atom stereocenters. The molecular weight excluding hydrogens is 666 g/mol. The molecule has 0 unspecified atom stereocenters. The minimum Gasteiger partial charge on any atom is -0.351 e. The molecule has 1 amide bonds. The molecule has 260 valence electrons. The van der Waals surface area contributed by atoms with E-state index in [9.17, 15) is 28.1 Å². The zero-order valence-corrected chi connectivity index (χ0v) is 28.4. The fourth-order valence-electron chi connectivity index (χ4n) is 5.70. The van der Waals surface area contributed by atoms with Gasteiger partial charge in [-0.15, -0.1) is 0 Å². The quantitative estimate of drug-likeness (QED) is 0.0728. The second kappa shape index (κ2) is 15.9. The van der Waals surface area contributed by atoms with Crippen molar-refractivity contribution in [2.45, 2.75) is 52.0 Å². The van der Waals surface area contributed by atoms with E-state index in [0.717, 1.165) is 40.5 Å². The Kier molecular flexibility index (Phi) is 11.5. The molecule has 0 aliphatic heterocycles. The second-order valence-electron chi connectivity index (χ2n) is 12.2. The number of aromatic nitrogens is 2. The Bertz CT molecular complexity index is 1960. The number of rotatable bonds is 13. The number of anilines is 1. The van der Waals surface area contributed by atoms with E-state index < -0.39 is 16.7 Å². The fourth-order valence-corrected chi connectivity index (χ4v) is 5.96. The van der Waals surface area contributed by atoms with Crippen LogP contribution in [-0.4, -0.2) is 43.0 Å². The molecular formula is C37H37F3N6O3S. The smallest absolute Gasteiger partial charge is 0.351 e. The van der Waals surface area contributed by atoms with Gasteiger partial charge in [0, 0.05) is 55.4 Å². The molecule has 1 aromatic heterocycles. The van der Waals surface area contributed by atoms with Gasteiger partial charge in [-0.2, -0.15) is 13.2 Å². The third-order valence-electron chi connectivity index (χ3n) is 8.70. The van der Waals surface area contributed by atoms with Crippen LogP contribution in [0, 0.1) is 16.0 Å². The fraction of sp³-hybridized carbons (Fsp3) is 0.270. The molecule has 5 rings (SSSR count). The highest BCUT2D eigenvalue weighted by Gasteiger charge is 2.31. The van der Waals surface area contributed by atoms with Crippen LogP contribution >= 0.6 is 12.2 Å². The summed E-state index contributed by atoms with van der Waals surface area (Å²) in [4.78, 5) is 30.3. The first-order valence-corrected chi connectivity index (χ1v) is 16.5. The molecule has 0 aliphatic carbocycles. The van der Waals surface area contributed by atoms with Gasteiger partial charge in [-0.1, -0.05) is 80.9 Å². The van der Waals surface area contributed by atoms with Crippen LogP contribution < -0.4 is 10.6 Å². The molecule has 0 fully saturated rings. The van der Waals surface area contributed by atoms with E-state index in [4.69, 9.17) is 12.2 Å². The van der Waals surface area contributed by atoms with Crippen molar-refractivity contribution in [3.63, 3.8) is 0 Å². The molecule has 1 heterocycles. The lowest BCUT2D eigenvalue weighted by molar-refractivity contribution is -0.384. The van der Waals surface area contributed by atoms with Crippen molar-refractivity contribution < 1.29 is 22.9 Å². The maximum atomic E-state index is 13.6. The number of hydrogen-bond acceptors (Lipinski definition) is 5. The number of non-ortho nitro benzene ring substituents is 1. The Balaban J connectivity index is 1.36. The molecule has 0 aliphatic rings. The van der Waals surface area contributed by atoms with Crippen molar-refractivity contribution in [3.05, 3.63) is 136 Å². The second-order valence-corrected chi connectivity index (χ2v) is 12.6. The number of imidazole rings is 1. The van der Waals surface area contributed by atoms with E-state index in [1.165, 1.54) is 24.3 Å². The largest absolute Gasteiger partial charge is 0.416 e. The lowest BCUT2D eigenvalue weighted by Gasteiger charge is -2.33. The van der Waals surface area contributed by atoms with E-state index in [0.29, 0.717) is 18.8 Å². The summed E-state index contributed by atoms with van der Waals surface area (Å²) in [5, 5.41) is 19.5. The molecule has 4 aromatic carbocycles. The van der Waals surface area contributed by atoms with Crippen LogP contribution in [0.2, 0.25) is 0 Å². The molecule has 0 spiro atoms. The maximum absolute atomic E-state index is 13.6. The van der Waals surface area contributed by atoms with E-state index in [2.05, 4.69) is 15.6 Å². The van der Waals surface area contributed by atoms with Gasteiger partial charge in [0.15, 0.2) is 5.11 Å². The van der Waals surface area contributed by atoms with Gasteiger partial charge in [0.25, 0.3) is 5.69 Å². The van der Waals surface area contributed by atoms with Gasteiger partial charge in [-0.25, -0.2) is 4.98 Å². The summed E-state index contributed by atoms with van der Waals surface area (Å²) in [6, 6.07) is 24.6. The minimum absolute atomic E-state index is 0.00549. The molecule has 2 N–H and O–H groups in total. The molecule has 5 aromatic rings. The number of carbonyl (C=O) groups is 1. The van der Waals surface area contributed by atoms with Gasteiger partial charge in [0.2, 0.25) is 5.91 Å². The highest BCUT2D eigenvalue weighted by molar-refractivity contribution is 7.80. The molecule has 50 heavy (non-hydrogen) atoms. The molecule has 0 radical (unpaired) electrons. The Morgan fingerprint density at radius 3 is 2.48 bits per heavy atom. The summed E-state index contributed by atoms with van der Waals surface area (Å²) in [5.74, 6) is -0.210. The highest BCUT2D eigenvalue weighted by atomic mass is 32.1. The third-order valence-corrected chi connectivity index (χ3v) is 9.06. The minimum atomic E-state index is -4.51. The van der Waals surface area contributed by atoms with Crippen LogP contribution in [0.1, 0.15) is 42.7 Å². The maximum Gasteiger partial charge on any atom is 0.416 e. The van der Waals surface area contributed by atoms with Crippen LogP contribution in [0.15, 0.2) is 104 Å². The van der Waals surface area contributed by atoms with Gasteiger partial charge in [0.05, 0.1) is 23.2 Å². The topological polar surface area (TPSA) is 105 Å². The van der Waals surface area contributed by atoms with Crippen molar-refractivity contribution in [3.8, 4) is 0 Å². The third kappa shape index (κ3) is 9.23. The van der Waals surface area contributed by atoms with E-state index in [1.54, 1.807) is 24.7 Å². The van der Waals surface area contributed by atoms with Gasteiger partial charge >= 0.3 is 6.18 Å². The number of hydrogen-bond donors (Lipinski definition) is 2. The van der Waals surface area contributed by atoms with Crippen LogP contribution in [0.5, 0.6) is 0 Å². The first kappa shape index (κ1) is 36.0. The van der Waals surface area contributed by atoms with Crippen molar-refractivity contribution in [2.24, 2.45) is 5.92 Å². The zero-order chi connectivity index (χ0) is 35.8. The van der Waals surface area contributed by atoms with Crippen LogP contribution in [0.25, 0.3) is 10.8 Å². The number of carbonyl (C=O) groups excluding carboxylic acids is 1. The number of nitro groups is 1. The number of benzene rings is 4. The highest BCUT2D eigenvalue weighted by Crippen LogP contribution is 2.31. The molecule has 0 saturated heterocycles. The summed E-state index contributed by atoms with van der Waals surface area (Å²) in [7, 11) is 0. The summed E-state index contributed by atoms with van der Waals surface area (Å²) in [5.41, 5.74) is 1.87. The summed E-state index contributed by atoms with van der Waals surface area (Å²) >= 11 is 5.84. The number of fused-ring (bicyclic) bond motifs is 1. The number of amides is 1. The van der Waals surface area contributed by atoms with Gasteiger partial charge < -0.3 is 20.1 Å². The predicted octanol–water partition coefficient (Wildman–Crippen LogP) is 7.98. The van der Waals surface area contributed by atoms with Crippen LogP contribution in [0.4, 0.5) is 24.5 Å². The Morgan fingerprint density at radius 2 is 1.76 bits per heavy atom. The monoisotopic (exact) mass is 702 g/mol. The normalized spacial score (nSPS) is 12.7.